The molecule has 0 saturated carbocycles. The number of hydrogen-bond acceptors (Lipinski definition) is 7. The van der Waals surface area contributed by atoms with Crippen LogP contribution in [0.2, 0.25) is 0 Å². The second kappa shape index (κ2) is 18.1. The maximum atomic E-state index is 12.9. The molecule has 12 heteroatoms. The molecule has 5 rings (SSSR count). The second-order valence-electron chi connectivity index (χ2n) is 13.2. The number of non-ortho nitro benzene ring substituents is 1. The summed E-state index contributed by atoms with van der Waals surface area (Å²) in [7, 11) is 0. The molecule has 2 atom stereocenters. The van der Waals surface area contributed by atoms with Crippen molar-refractivity contribution in [2.75, 3.05) is 32.7 Å². The zero-order valence-electron chi connectivity index (χ0n) is 29.1. The summed E-state index contributed by atoms with van der Waals surface area (Å²) in [5.41, 5.74) is 14.1. The number of aliphatic imine (C=N–C) groups is 1. The van der Waals surface area contributed by atoms with Gasteiger partial charge in [0.15, 0.2) is 0 Å². The number of amides is 2. The van der Waals surface area contributed by atoms with E-state index < -0.39 is 16.9 Å². The Hall–Kier alpha value is -5.32. The summed E-state index contributed by atoms with van der Waals surface area (Å²) < 4.78 is 0. The minimum atomic E-state index is -0.540. The van der Waals surface area contributed by atoms with Crippen LogP contribution in [0.5, 0.6) is 0 Å². The Bertz CT molecular complexity index is 1690. The van der Waals surface area contributed by atoms with E-state index in [9.17, 15) is 19.7 Å². The molecule has 2 amide bonds. The number of hydrogen-bond donors (Lipinski definition) is 1. The van der Waals surface area contributed by atoms with Crippen molar-refractivity contribution in [3.63, 3.8) is 0 Å². The van der Waals surface area contributed by atoms with E-state index in [4.69, 9.17) is 10.5 Å². The highest BCUT2D eigenvalue weighted by molar-refractivity contribution is 5.92. The molecule has 0 radical (unpaired) electrons. The largest absolute Gasteiger partial charge is 0.350 e. The molecule has 0 aliphatic carbocycles. The van der Waals surface area contributed by atoms with E-state index in [0.717, 1.165) is 75.8 Å². The van der Waals surface area contributed by atoms with E-state index in [1.165, 1.54) is 23.3 Å². The number of nitrogens with one attached hydrogen (secondary N) is 1. The molecule has 0 aromatic heterocycles. The van der Waals surface area contributed by atoms with Crippen molar-refractivity contribution in [3.05, 3.63) is 134 Å². The maximum absolute atomic E-state index is 12.9. The van der Waals surface area contributed by atoms with Crippen molar-refractivity contribution in [1.82, 2.24) is 15.1 Å². The zero-order chi connectivity index (χ0) is 36.1. The van der Waals surface area contributed by atoms with Crippen LogP contribution < -0.4 is 5.32 Å². The van der Waals surface area contributed by atoms with Gasteiger partial charge in [-0.2, -0.15) is 0 Å². The SMILES string of the molecule is CC1=NC(CCCCCN=[N+]=[N-])=C(N(C=O)CCCN2CCC(c3ccccc3)(c3ccccc3)CC2)C(c2ccc([N+](=O)[O-])cc2)C1NC=O. The summed E-state index contributed by atoms with van der Waals surface area (Å²) in [4.78, 5) is 47.8. The van der Waals surface area contributed by atoms with Gasteiger partial charge in [-0.15, -0.1) is 0 Å². The molecule has 1 fully saturated rings. The lowest BCUT2D eigenvalue weighted by Gasteiger charge is -2.43. The minimum Gasteiger partial charge on any atom is -0.350 e. The maximum Gasteiger partial charge on any atom is 0.269 e. The predicted molar refractivity (Wildman–Crippen MR) is 198 cm³/mol. The molecular weight excluding hydrogens is 644 g/mol. The van der Waals surface area contributed by atoms with Crippen LogP contribution in [-0.2, 0) is 15.0 Å². The molecule has 2 aliphatic heterocycles. The van der Waals surface area contributed by atoms with Crippen molar-refractivity contribution >= 4 is 24.2 Å². The molecule has 2 unspecified atom stereocenters. The highest BCUT2D eigenvalue weighted by Crippen LogP contribution is 2.42. The Morgan fingerprint density at radius 2 is 1.63 bits per heavy atom. The van der Waals surface area contributed by atoms with Gasteiger partial charge >= 0.3 is 0 Å². The monoisotopic (exact) mass is 690 g/mol. The first-order valence-electron chi connectivity index (χ1n) is 17.7. The number of carbonyl (C=O) groups excluding carboxylic acids is 2. The lowest BCUT2D eigenvalue weighted by molar-refractivity contribution is -0.384. The Morgan fingerprint density at radius 3 is 2.20 bits per heavy atom. The number of allylic oxidation sites excluding steroid dienone is 1. The number of azide groups is 1. The summed E-state index contributed by atoms with van der Waals surface area (Å²) in [5.74, 6) is -0.482. The third-order valence-corrected chi connectivity index (χ3v) is 10.3. The van der Waals surface area contributed by atoms with Crippen LogP contribution in [0.15, 0.2) is 106 Å². The fraction of sp³-hybridized carbons (Fsp3) is 0.410. The van der Waals surface area contributed by atoms with E-state index in [2.05, 4.69) is 80.9 Å². The molecule has 266 valence electrons. The first-order valence-corrected chi connectivity index (χ1v) is 17.7. The fourth-order valence-corrected chi connectivity index (χ4v) is 7.70. The van der Waals surface area contributed by atoms with Crippen molar-refractivity contribution < 1.29 is 14.5 Å². The van der Waals surface area contributed by atoms with Gasteiger partial charge in [0, 0.05) is 41.3 Å². The van der Waals surface area contributed by atoms with Gasteiger partial charge in [-0.25, -0.2) is 0 Å². The van der Waals surface area contributed by atoms with E-state index in [0.29, 0.717) is 37.3 Å². The Balaban J connectivity index is 1.36. The number of piperidine rings is 1. The van der Waals surface area contributed by atoms with Crippen molar-refractivity contribution in [2.45, 2.75) is 69.2 Å². The average molecular weight is 691 g/mol. The average Bonchev–Trinajstić information content (AvgIpc) is 3.17. The molecule has 2 heterocycles. The quantitative estimate of drug-likeness (QED) is 0.0282. The van der Waals surface area contributed by atoms with Crippen LogP contribution in [0, 0.1) is 10.1 Å². The van der Waals surface area contributed by atoms with E-state index in [1.54, 1.807) is 17.0 Å². The fourth-order valence-electron chi connectivity index (χ4n) is 7.70. The highest BCUT2D eigenvalue weighted by Gasteiger charge is 2.39. The number of benzene rings is 3. The summed E-state index contributed by atoms with van der Waals surface area (Å²) in [6.45, 7) is 5.38. The molecular formula is C39H46N8O4. The van der Waals surface area contributed by atoms with Gasteiger partial charge in [0.1, 0.15) is 0 Å². The molecule has 2 aliphatic rings. The Labute approximate surface area is 299 Å². The number of nitro benzene ring substituents is 1. The third-order valence-electron chi connectivity index (χ3n) is 10.3. The number of nitrogens with zero attached hydrogens (tertiary/aromatic N) is 7. The van der Waals surface area contributed by atoms with Gasteiger partial charge in [0.2, 0.25) is 12.8 Å². The number of nitro groups is 1. The normalized spacial score (nSPS) is 18.6. The first-order chi connectivity index (χ1) is 24.9. The summed E-state index contributed by atoms with van der Waals surface area (Å²) >= 11 is 0. The minimum absolute atomic E-state index is 0.0389. The van der Waals surface area contributed by atoms with Crippen LogP contribution in [-0.4, -0.2) is 72.0 Å². The van der Waals surface area contributed by atoms with E-state index in [-0.39, 0.29) is 11.1 Å². The molecule has 12 nitrogen and oxygen atoms in total. The zero-order valence-corrected chi connectivity index (χ0v) is 29.1. The van der Waals surface area contributed by atoms with Gasteiger partial charge in [-0.1, -0.05) is 84.3 Å². The molecule has 0 spiro atoms. The summed E-state index contributed by atoms with van der Waals surface area (Å²) in [6.07, 6.45) is 7.07. The second-order valence-corrected chi connectivity index (χ2v) is 13.2. The smallest absolute Gasteiger partial charge is 0.269 e. The molecule has 0 bridgehead atoms. The first kappa shape index (κ1) is 36.9. The molecule has 3 aromatic carbocycles. The van der Waals surface area contributed by atoms with Crippen LogP contribution in [0.25, 0.3) is 10.4 Å². The Kier molecular flexibility index (Phi) is 13.1. The lowest BCUT2D eigenvalue weighted by Crippen LogP contribution is -2.46. The molecule has 1 N–H and O–H groups in total. The van der Waals surface area contributed by atoms with Gasteiger partial charge in [0.25, 0.3) is 5.69 Å². The molecule has 1 saturated heterocycles. The summed E-state index contributed by atoms with van der Waals surface area (Å²) in [5, 5.41) is 18.0. The number of likely N-dealkylation sites (tertiary alicyclic amines) is 1. The topological polar surface area (TPSA) is 157 Å². The van der Waals surface area contributed by atoms with E-state index in [1.807, 2.05) is 6.92 Å². The van der Waals surface area contributed by atoms with E-state index >= 15 is 0 Å². The van der Waals surface area contributed by atoms with Crippen LogP contribution in [0.3, 0.4) is 0 Å². The van der Waals surface area contributed by atoms with Gasteiger partial charge in [-0.05, 0) is 87.3 Å². The van der Waals surface area contributed by atoms with Crippen LogP contribution >= 0.6 is 0 Å². The predicted octanol–water partition coefficient (Wildman–Crippen LogP) is 7.28. The van der Waals surface area contributed by atoms with Crippen molar-refractivity contribution in [2.24, 2.45) is 10.1 Å². The Morgan fingerprint density at radius 1 is 0.980 bits per heavy atom. The van der Waals surface area contributed by atoms with Crippen LogP contribution in [0.1, 0.15) is 74.5 Å². The number of unbranched alkanes of at least 4 members (excludes halogenated alkanes) is 2. The number of carbonyl (C=O) groups is 2. The standard InChI is InChI=1S/C39H46N8O4/c1-30-37(41-28-48)36(31-17-19-34(20-18-31)47(50)51)38(35(43-30)16-9-4-10-23-42-44-40)46(29-49)25-11-24-45-26-21-39(22-27-45,32-12-5-2-6-13-32)33-14-7-3-8-15-33/h2-3,5-8,12-15,17-20,28-29,36-37H,4,9-11,16,21-27H2,1H3,(H,41,48). The van der Waals surface area contributed by atoms with Gasteiger partial charge in [-0.3, -0.25) is 24.7 Å². The summed E-state index contributed by atoms with van der Waals surface area (Å²) in [6, 6.07) is 27.3. The van der Waals surface area contributed by atoms with Gasteiger partial charge in [0.05, 0.1) is 28.3 Å². The highest BCUT2D eigenvalue weighted by atomic mass is 16.6. The third kappa shape index (κ3) is 8.89. The van der Waals surface area contributed by atoms with Crippen molar-refractivity contribution in [3.8, 4) is 0 Å². The van der Waals surface area contributed by atoms with Gasteiger partial charge < -0.3 is 15.1 Å². The molecule has 3 aromatic rings. The molecule has 51 heavy (non-hydrogen) atoms. The van der Waals surface area contributed by atoms with Crippen molar-refractivity contribution in [1.29, 1.82) is 0 Å². The lowest BCUT2D eigenvalue weighted by atomic mass is 9.68. The number of rotatable bonds is 18. The van der Waals surface area contributed by atoms with Crippen LogP contribution in [0.4, 0.5) is 5.69 Å².